The molecule has 2 aromatic carbocycles. The van der Waals surface area contributed by atoms with E-state index in [0.717, 1.165) is 22.2 Å². The van der Waals surface area contributed by atoms with Gasteiger partial charge in [-0.15, -0.1) is 0 Å². The lowest BCUT2D eigenvalue weighted by molar-refractivity contribution is -0.116. The maximum Gasteiger partial charge on any atom is 0.295 e. The Morgan fingerprint density at radius 1 is 1.09 bits per heavy atom. The molecule has 2 aromatic rings. The summed E-state index contributed by atoms with van der Waals surface area (Å²) in [6, 6.07) is 13.2. The highest BCUT2D eigenvalue weighted by Crippen LogP contribution is 2.32. The average molecular weight is 316 g/mol. The van der Waals surface area contributed by atoms with Gasteiger partial charge in [-0.05, 0) is 43.0 Å². The average Bonchev–Trinajstić information content (AvgIpc) is 2.77. The van der Waals surface area contributed by atoms with Gasteiger partial charge < -0.3 is 5.32 Å². The highest BCUT2D eigenvalue weighted by atomic mass is 32.2. The zero-order chi connectivity index (χ0) is 15.7. The zero-order valence-electron chi connectivity index (χ0n) is 11.7. The first-order valence-electron chi connectivity index (χ1n) is 6.68. The van der Waals surface area contributed by atoms with Gasteiger partial charge in [0, 0.05) is 0 Å². The standard InChI is InChI=1S/C16H13FN2O2S/c1-10-6-8-11(9-7-10)19-15(20)14(22-16(19)21)18-13-5-3-2-4-12(13)17/h2-9,14,18H,1H3. The third-order valence-corrected chi connectivity index (χ3v) is 4.24. The van der Waals surface area contributed by atoms with Crippen molar-refractivity contribution >= 4 is 34.3 Å². The molecule has 2 amide bonds. The summed E-state index contributed by atoms with van der Waals surface area (Å²) in [4.78, 5) is 25.6. The molecule has 1 N–H and O–H groups in total. The fourth-order valence-electron chi connectivity index (χ4n) is 2.15. The second kappa shape index (κ2) is 5.81. The molecule has 112 valence electrons. The molecular weight excluding hydrogens is 303 g/mol. The molecule has 0 bridgehead atoms. The number of rotatable bonds is 3. The summed E-state index contributed by atoms with van der Waals surface area (Å²) < 4.78 is 13.7. The molecule has 1 saturated heterocycles. The van der Waals surface area contributed by atoms with Crippen molar-refractivity contribution < 1.29 is 14.0 Å². The van der Waals surface area contributed by atoms with E-state index in [1.165, 1.54) is 12.1 Å². The fraction of sp³-hybridized carbons (Fsp3) is 0.125. The molecule has 1 unspecified atom stereocenters. The molecule has 1 aliphatic rings. The quantitative estimate of drug-likeness (QED) is 0.936. The maximum absolute atomic E-state index is 13.7. The van der Waals surface area contributed by atoms with E-state index in [9.17, 15) is 14.0 Å². The van der Waals surface area contributed by atoms with Gasteiger partial charge in [0.2, 0.25) is 0 Å². The Kier molecular flexibility index (Phi) is 3.85. The Morgan fingerprint density at radius 3 is 2.45 bits per heavy atom. The van der Waals surface area contributed by atoms with Gasteiger partial charge in [0.25, 0.3) is 11.1 Å². The molecule has 6 heteroatoms. The number of nitrogens with one attached hydrogen (secondary N) is 1. The molecule has 0 aromatic heterocycles. The second-order valence-electron chi connectivity index (χ2n) is 4.90. The van der Waals surface area contributed by atoms with Crippen LogP contribution in [-0.2, 0) is 4.79 Å². The Bertz CT molecular complexity index is 733. The van der Waals surface area contributed by atoms with E-state index in [1.807, 2.05) is 19.1 Å². The van der Waals surface area contributed by atoms with Crippen LogP contribution < -0.4 is 10.2 Å². The molecule has 4 nitrogen and oxygen atoms in total. The number of nitrogens with zero attached hydrogens (tertiary/aromatic N) is 1. The summed E-state index contributed by atoms with van der Waals surface area (Å²) in [7, 11) is 0. The Morgan fingerprint density at radius 2 is 1.77 bits per heavy atom. The lowest BCUT2D eigenvalue weighted by atomic mass is 10.2. The van der Waals surface area contributed by atoms with Crippen LogP contribution in [0.15, 0.2) is 48.5 Å². The van der Waals surface area contributed by atoms with E-state index in [4.69, 9.17) is 0 Å². The number of benzene rings is 2. The summed E-state index contributed by atoms with van der Waals surface area (Å²) in [5, 5.41) is 1.58. The van der Waals surface area contributed by atoms with Gasteiger partial charge in [-0.2, -0.15) is 0 Å². The van der Waals surface area contributed by atoms with Crippen LogP contribution >= 0.6 is 11.8 Å². The monoisotopic (exact) mass is 316 g/mol. The van der Waals surface area contributed by atoms with Crippen molar-refractivity contribution in [2.24, 2.45) is 0 Å². The predicted octanol–water partition coefficient (Wildman–Crippen LogP) is 3.77. The number of hydrogen-bond donors (Lipinski definition) is 1. The molecule has 1 fully saturated rings. The first kappa shape index (κ1) is 14.6. The van der Waals surface area contributed by atoms with Crippen LogP contribution in [0.4, 0.5) is 20.6 Å². The van der Waals surface area contributed by atoms with Crippen molar-refractivity contribution in [3.8, 4) is 0 Å². The number of thioether (sulfide) groups is 1. The van der Waals surface area contributed by atoms with Gasteiger partial charge in [0.05, 0.1) is 11.4 Å². The van der Waals surface area contributed by atoms with Gasteiger partial charge in [-0.1, -0.05) is 29.8 Å². The van der Waals surface area contributed by atoms with E-state index in [1.54, 1.807) is 24.3 Å². The van der Waals surface area contributed by atoms with Gasteiger partial charge in [0.15, 0.2) is 5.37 Å². The van der Waals surface area contributed by atoms with Crippen LogP contribution in [0.3, 0.4) is 0 Å². The molecular formula is C16H13FN2O2S. The first-order valence-corrected chi connectivity index (χ1v) is 7.56. The Labute approximate surface area is 131 Å². The van der Waals surface area contributed by atoms with Crippen molar-refractivity contribution in [1.29, 1.82) is 0 Å². The van der Waals surface area contributed by atoms with E-state index in [0.29, 0.717) is 5.69 Å². The third-order valence-electron chi connectivity index (χ3n) is 3.30. The number of carbonyl (C=O) groups is 2. The highest BCUT2D eigenvalue weighted by molar-refractivity contribution is 8.16. The van der Waals surface area contributed by atoms with E-state index in [2.05, 4.69) is 5.32 Å². The molecule has 0 aliphatic carbocycles. The largest absolute Gasteiger partial charge is 0.363 e. The minimum absolute atomic E-state index is 0.201. The lowest BCUT2D eigenvalue weighted by Crippen LogP contribution is -2.34. The minimum atomic E-state index is -0.828. The maximum atomic E-state index is 13.7. The summed E-state index contributed by atoms with van der Waals surface area (Å²) in [5.74, 6) is -0.862. The molecule has 0 spiro atoms. The second-order valence-corrected chi connectivity index (χ2v) is 5.95. The van der Waals surface area contributed by atoms with Crippen LogP contribution in [0.25, 0.3) is 0 Å². The number of anilines is 2. The summed E-state index contributed by atoms with van der Waals surface area (Å²) in [5.41, 5.74) is 1.76. The first-order chi connectivity index (χ1) is 10.6. The molecule has 0 saturated carbocycles. The number of carbonyl (C=O) groups excluding carboxylic acids is 2. The van der Waals surface area contributed by atoms with E-state index >= 15 is 0 Å². The summed E-state index contributed by atoms with van der Waals surface area (Å²) in [6.45, 7) is 1.93. The number of amides is 2. The zero-order valence-corrected chi connectivity index (χ0v) is 12.6. The molecule has 1 heterocycles. The van der Waals surface area contributed by atoms with Gasteiger partial charge in [0.1, 0.15) is 5.82 Å². The van der Waals surface area contributed by atoms with Crippen LogP contribution in [0.5, 0.6) is 0 Å². The van der Waals surface area contributed by atoms with Gasteiger partial charge >= 0.3 is 0 Å². The molecule has 22 heavy (non-hydrogen) atoms. The van der Waals surface area contributed by atoms with Crippen LogP contribution in [0.1, 0.15) is 5.56 Å². The fourth-order valence-corrected chi connectivity index (χ4v) is 3.04. The van der Waals surface area contributed by atoms with Gasteiger partial charge in [-0.25, -0.2) is 9.29 Å². The number of hydrogen-bond acceptors (Lipinski definition) is 4. The Balaban J connectivity index is 1.82. The number of imide groups is 1. The van der Waals surface area contributed by atoms with Crippen molar-refractivity contribution in [3.05, 3.63) is 59.9 Å². The predicted molar refractivity (Wildman–Crippen MR) is 85.5 cm³/mol. The molecule has 3 rings (SSSR count). The molecule has 1 atom stereocenters. The summed E-state index contributed by atoms with van der Waals surface area (Å²) >= 11 is 0.844. The molecule has 0 radical (unpaired) electrons. The topological polar surface area (TPSA) is 49.4 Å². The van der Waals surface area contributed by atoms with Crippen LogP contribution in [0, 0.1) is 12.7 Å². The van der Waals surface area contributed by atoms with E-state index < -0.39 is 17.1 Å². The van der Waals surface area contributed by atoms with Crippen molar-refractivity contribution in [1.82, 2.24) is 0 Å². The molecule has 1 aliphatic heterocycles. The lowest BCUT2D eigenvalue weighted by Gasteiger charge is -2.15. The number of para-hydroxylation sites is 1. The number of halogens is 1. The van der Waals surface area contributed by atoms with Crippen LogP contribution in [-0.4, -0.2) is 16.5 Å². The normalized spacial score (nSPS) is 17.9. The van der Waals surface area contributed by atoms with E-state index in [-0.39, 0.29) is 10.9 Å². The van der Waals surface area contributed by atoms with Crippen molar-refractivity contribution in [2.75, 3.05) is 10.2 Å². The number of aryl methyl sites for hydroxylation is 1. The third kappa shape index (κ3) is 2.69. The summed E-state index contributed by atoms with van der Waals surface area (Å²) in [6.07, 6.45) is 0. The SMILES string of the molecule is Cc1ccc(N2C(=O)SC(Nc3ccccc3F)C2=O)cc1. The van der Waals surface area contributed by atoms with Crippen LogP contribution in [0.2, 0.25) is 0 Å². The van der Waals surface area contributed by atoms with Gasteiger partial charge in [-0.3, -0.25) is 9.59 Å². The Hall–Kier alpha value is -2.34. The highest BCUT2D eigenvalue weighted by Gasteiger charge is 2.40. The smallest absolute Gasteiger partial charge is 0.295 e. The minimum Gasteiger partial charge on any atom is -0.363 e. The van der Waals surface area contributed by atoms with Crippen molar-refractivity contribution in [3.63, 3.8) is 0 Å². The van der Waals surface area contributed by atoms with Crippen molar-refractivity contribution in [2.45, 2.75) is 12.3 Å².